The van der Waals surface area contributed by atoms with Crippen molar-refractivity contribution in [2.24, 2.45) is 0 Å². The first kappa shape index (κ1) is 18.0. The third-order valence-corrected chi connectivity index (χ3v) is 4.79. The molecule has 0 aliphatic rings. The molecule has 0 amide bonds. The van der Waals surface area contributed by atoms with Gasteiger partial charge in [0.2, 0.25) is 10.0 Å². The van der Waals surface area contributed by atoms with Crippen LogP contribution in [0.2, 0.25) is 0 Å². The van der Waals surface area contributed by atoms with Gasteiger partial charge in [-0.05, 0) is 43.0 Å². The molecule has 0 aromatic heterocycles. The van der Waals surface area contributed by atoms with Crippen LogP contribution in [-0.4, -0.2) is 38.7 Å². The lowest BCUT2D eigenvalue weighted by Crippen LogP contribution is -2.25. The van der Waals surface area contributed by atoms with Crippen molar-refractivity contribution in [2.75, 3.05) is 25.2 Å². The molecule has 0 aliphatic heterocycles. The summed E-state index contributed by atoms with van der Waals surface area (Å²) in [7, 11) is -3.84. The first-order valence-electron chi connectivity index (χ1n) is 6.39. The Bertz CT molecular complexity index is 621. The molecule has 1 aromatic carbocycles. The number of hydrogen-bond donors (Lipinski definition) is 2. The number of thioether (sulfide) groups is 1. The zero-order valence-electron chi connectivity index (χ0n) is 11.7. The minimum absolute atomic E-state index is 0.286. The summed E-state index contributed by atoms with van der Waals surface area (Å²) in [5.74, 6) is 5.01. The summed E-state index contributed by atoms with van der Waals surface area (Å²) in [6, 6.07) is 3.64. The molecule has 1 rings (SSSR count). The van der Waals surface area contributed by atoms with E-state index >= 15 is 0 Å². The molecule has 0 bridgehead atoms. The van der Waals surface area contributed by atoms with Crippen molar-refractivity contribution < 1.29 is 17.9 Å². The van der Waals surface area contributed by atoms with Gasteiger partial charge in [0.05, 0.1) is 0 Å². The van der Waals surface area contributed by atoms with Crippen LogP contribution in [-0.2, 0) is 10.0 Å². The fraction of sp³-hybridized carbons (Fsp3) is 0.429. The highest BCUT2D eigenvalue weighted by Crippen LogP contribution is 2.15. The van der Waals surface area contributed by atoms with Crippen LogP contribution in [0.3, 0.4) is 0 Å². The van der Waals surface area contributed by atoms with Gasteiger partial charge in [0, 0.05) is 12.1 Å². The Balaban J connectivity index is 2.74. The van der Waals surface area contributed by atoms with Gasteiger partial charge < -0.3 is 5.11 Å². The first-order chi connectivity index (χ1) is 10.0. The Kier molecular flexibility index (Phi) is 7.75. The summed E-state index contributed by atoms with van der Waals surface area (Å²) in [5, 5.41) is 8.56. The van der Waals surface area contributed by atoms with Gasteiger partial charge in [-0.1, -0.05) is 11.8 Å². The highest BCUT2D eigenvalue weighted by molar-refractivity contribution is 7.98. The molecule has 0 saturated heterocycles. The van der Waals surface area contributed by atoms with E-state index < -0.39 is 15.8 Å². The molecule has 0 heterocycles. The van der Waals surface area contributed by atoms with Crippen molar-refractivity contribution in [2.45, 2.75) is 17.7 Å². The third-order valence-electron chi connectivity index (χ3n) is 2.60. The number of rotatable bonds is 7. The highest BCUT2D eigenvalue weighted by atomic mass is 32.2. The molecule has 4 nitrogen and oxygen atoms in total. The van der Waals surface area contributed by atoms with Crippen molar-refractivity contribution in [3.8, 4) is 11.8 Å². The van der Waals surface area contributed by atoms with E-state index in [-0.39, 0.29) is 18.0 Å². The Morgan fingerprint density at radius 3 is 2.76 bits per heavy atom. The van der Waals surface area contributed by atoms with Gasteiger partial charge in [-0.25, -0.2) is 17.5 Å². The molecule has 1 aromatic rings. The van der Waals surface area contributed by atoms with Crippen molar-refractivity contribution >= 4 is 21.8 Å². The number of aliphatic hydroxyl groups excluding tert-OH is 1. The lowest BCUT2D eigenvalue weighted by atomic mass is 10.2. The van der Waals surface area contributed by atoms with E-state index in [4.69, 9.17) is 5.11 Å². The van der Waals surface area contributed by atoms with Gasteiger partial charge in [0.25, 0.3) is 0 Å². The van der Waals surface area contributed by atoms with Gasteiger partial charge in [0.15, 0.2) is 0 Å². The number of hydrogen-bond acceptors (Lipinski definition) is 4. The fourth-order valence-corrected chi connectivity index (χ4v) is 3.22. The van der Waals surface area contributed by atoms with Crippen LogP contribution in [0.25, 0.3) is 0 Å². The van der Waals surface area contributed by atoms with Crippen LogP contribution in [0, 0.1) is 17.7 Å². The Labute approximate surface area is 129 Å². The number of sulfonamides is 1. The Hall–Kier alpha value is -1.07. The zero-order chi connectivity index (χ0) is 15.7. The second kappa shape index (κ2) is 9.05. The average molecular weight is 331 g/mol. The van der Waals surface area contributed by atoms with E-state index in [1.54, 1.807) is 11.8 Å². The summed E-state index contributed by atoms with van der Waals surface area (Å²) in [4.78, 5) is -0.387. The molecular weight excluding hydrogens is 313 g/mol. The molecular formula is C14H18FNO3S2. The summed E-state index contributed by atoms with van der Waals surface area (Å²) < 4.78 is 40.2. The molecule has 0 atom stereocenters. The monoisotopic (exact) mass is 331 g/mol. The van der Waals surface area contributed by atoms with Crippen LogP contribution in [0.1, 0.15) is 18.4 Å². The molecule has 7 heteroatoms. The molecule has 116 valence electrons. The van der Waals surface area contributed by atoms with Crippen molar-refractivity contribution in [3.05, 3.63) is 29.6 Å². The number of halogens is 1. The Morgan fingerprint density at radius 2 is 2.14 bits per heavy atom. The minimum Gasteiger partial charge on any atom is -0.384 e. The minimum atomic E-state index is -3.84. The SMILES string of the molecule is CSCCCCNS(=O)(=O)c1ccc(C#CCO)cc1F. The van der Waals surface area contributed by atoms with Gasteiger partial charge in [-0.2, -0.15) is 11.8 Å². The van der Waals surface area contributed by atoms with Crippen LogP contribution in [0.15, 0.2) is 23.1 Å². The van der Waals surface area contributed by atoms with E-state index in [2.05, 4.69) is 16.6 Å². The van der Waals surface area contributed by atoms with Crippen molar-refractivity contribution in [3.63, 3.8) is 0 Å². The molecule has 0 saturated carbocycles. The number of aliphatic hydroxyl groups is 1. The van der Waals surface area contributed by atoms with E-state index in [9.17, 15) is 12.8 Å². The van der Waals surface area contributed by atoms with Crippen LogP contribution in [0.4, 0.5) is 4.39 Å². The predicted octanol–water partition coefficient (Wildman–Crippen LogP) is 1.59. The predicted molar refractivity (Wildman–Crippen MR) is 83.2 cm³/mol. The summed E-state index contributed by atoms with van der Waals surface area (Å²) in [6.45, 7) is -0.0479. The fourth-order valence-electron chi connectivity index (χ4n) is 1.59. The second-order valence-electron chi connectivity index (χ2n) is 4.20. The zero-order valence-corrected chi connectivity index (χ0v) is 13.4. The summed E-state index contributed by atoms with van der Waals surface area (Å²) in [5.41, 5.74) is 0.320. The Morgan fingerprint density at radius 1 is 1.38 bits per heavy atom. The molecule has 0 fully saturated rings. The van der Waals surface area contributed by atoms with Gasteiger partial charge >= 0.3 is 0 Å². The van der Waals surface area contributed by atoms with Gasteiger partial charge in [-0.15, -0.1) is 0 Å². The third kappa shape index (κ3) is 6.06. The van der Waals surface area contributed by atoms with Crippen molar-refractivity contribution in [1.29, 1.82) is 0 Å². The van der Waals surface area contributed by atoms with E-state index in [1.807, 2.05) is 6.26 Å². The maximum Gasteiger partial charge on any atom is 0.243 e. The van der Waals surface area contributed by atoms with Gasteiger partial charge in [0.1, 0.15) is 17.3 Å². The molecule has 2 N–H and O–H groups in total. The van der Waals surface area contributed by atoms with E-state index in [1.165, 1.54) is 12.1 Å². The first-order valence-corrected chi connectivity index (χ1v) is 9.27. The van der Waals surface area contributed by atoms with Crippen LogP contribution < -0.4 is 4.72 Å². The smallest absolute Gasteiger partial charge is 0.243 e. The topological polar surface area (TPSA) is 66.4 Å². The lowest BCUT2D eigenvalue weighted by Gasteiger charge is -2.07. The highest BCUT2D eigenvalue weighted by Gasteiger charge is 2.18. The largest absolute Gasteiger partial charge is 0.384 e. The standard InChI is InChI=1S/C14H18FNO3S2/c1-20-10-3-2-8-16-21(18,19)14-7-6-12(5-4-9-17)11-13(14)15/h6-7,11,16-17H,2-3,8-10H2,1H3. The summed E-state index contributed by atoms with van der Waals surface area (Å²) >= 11 is 1.70. The number of nitrogens with one attached hydrogen (secondary N) is 1. The summed E-state index contributed by atoms with van der Waals surface area (Å²) in [6.07, 6.45) is 3.60. The molecule has 0 spiro atoms. The second-order valence-corrected chi connectivity index (χ2v) is 6.92. The van der Waals surface area contributed by atoms with Gasteiger partial charge in [-0.3, -0.25) is 0 Å². The van der Waals surface area contributed by atoms with E-state index in [0.717, 1.165) is 18.2 Å². The van der Waals surface area contributed by atoms with Crippen LogP contribution >= 0.6 is 11.8 Å². The molecule has 21 heavy (non-hydrogen) atoms. The quantitative estimate of drug-likeness (QED) is 0.588. The van der Waals surface area contributed by atoms with E-state index in [0.29, 0.717) is 12.0 Å². The molecule has 0 aliphatic carbocycles. The van der Waals surface area contributed by atoms with Crippen molar-refractivity contribution in [1.82, 2.24) is 4.72 Å². The maximum absolute atomic E-state index is 13.9. The van der Waals surface area contributed by atoms with Crippen LogP contribution in [0.5, 0.6) is 0 Å². The number of benzene rings is 1. The average Bonchev–Trinajstić information content (AvgIpc) is 2.44. The number of unbranched alkanes of at least 4 members (excludes halogenated alkanes) is 1. The molecule has 0 radical (unpaired) electrons. The maximum atomic E-state index is 13.9. The molecule has 0 unspecified atom stereocenters. The lowest BCUT2D eigenvalue weighted by molar-refractivity contribution is 0.350. The normalized spacial score (nSPS) is 11.0.